The normalized spacial score (nSPS) is 14.5. The second kappa shape index (κ2) is 16.7. The van der Waals surface area contributed by atoms with Gasteiger partial charge in [-0.25, -0.2) is 4.79 Å². The molecule has 0 fully saturated rings. The maximum absolute atomic E-state index is 10.3. The quantitative estimate of drug-likeness (QED) is 0.218. The highest BCUT2D eigenvalue weighted by Crippen LogP contribution is 2.14. The Morgan fingerprint density at radius 3 is 1.96 bits per heavy atom. The van der Waals surface area contributed by atoms with Crippen molar-refractivity contribution in [1.29, 1.82) is 0 Å². The van der Waals surface area contributed by atoms with Crippen LogP contribution in [0.1, 0.15) is 84.0 Å². The van der Waals surface area contributed by atoms with E-state index < -0.39 is 18.2 Å². The van der Waals surface area contributed by atoms with Gasteiger partial charge in [0.15, 0.2) is 0 Å². The van der Waals surface area contributed by atoms with Crippen LogP contribution in [0.5, 0.6) is 0 Å². The van der Waals surface area contributed by atoms with Gasteiger partial charge in [0.2, 0.25) is 0 Å². The lowest BCUT2D eigenvalue weighted by atomic mass is 10.00. The van der Waals surface area contributed by atoms with Crippen LogP contribution in [0.15, 0.2) is 24.3 Å². The Morgan fingerprint density at radius 2 is 1.38 bits per heavy atom. The highest BCUT2D eigenvalue weighted by molar-refractivity contribution is 5.80. The molecule has 140 valence electrons. The second-order valence-electron chi connectivity index (χ2n) is 6.45. The number of rotatable bonds is 16. The molecule has 2 unspecified atom stereocenters. The van der Waals surface area contributed by atoms with E-state index >= 15 is 0 Å². The highest BCUT2D eigenvalue weighted by Gasteiger charge is 2.14. The molecule has 4 nitrogen and oxygen atoms in total. The summed E-state index contributed by atoms with van der Waals surface area (Å²) in [7, 11) is 0. The average Bonchev–Trinajstić information content (AvgIpc) is 2.55. The summed E-state index contributed by atoms with van der Waals surface area (Å²) in [6.07, 6.45) is 17.5. The van der Waals surface area contributed by atoms with E-state index in [0.29, 0.717) is 12.8 Å². The standard InChI is InChI=1S/C20H36O4/c1-2-3-4-5-9-12-15-18(21)19(22)16-13-10-7-6-8-11-14-17-20(23)24/h8,11,14,17-19,21-22H,2-7,9-10,12-13,15-16H2,1H3,(H,23,24). The lowest BCUT2D eigenvalue weighted by molar-refractivity contribution is -0.131. The summed E-state index contributed by atoms with van der Waals surface area (Å²) < 4.78 is 0. The molecular weight excluding hydrogens is 304 g/mol. The van der Waals surface area contributed by atoms with E-state index in [1.54, 1.807) is 6.08 Å². The number of aliphatic carboxylic acids is 1. The van der Waals surface area contributed by atoms with Crippen LogP contribution in [0.4, 0.5) is 0 Å². The molecule has 0 radical (unpaired) electrons. The van der Waals surface area contributed by atoms with Gasteiger partial charge in [0.1, 0.15) is 0 Å². The number of aliphatic hydroxyl groups excluding tert-OH is 2. The molecule has 0 saturated carbocycles. The van der Waals surface area contributed by atoms with E-state index in [4.69, 9.17) is 5.11 Å². The minimum atomic E-state index is -0.937. The third-order valence-corrected chi connectivity index (χ3v) is 4.15. The molecule has 0 spiro atoms. The zero-order valence-corrected chi connectivity index (χ0v) is 15.2. The van der Waals surface area contributed by atoms with Crippen molar-refractivity contribution in [1.82, 2.24) is 0 Å². The van der Waals surface area contributed by atoms with E-state index in [-0.39, 0.29) is 0 Å². The number of hydrogen-bond donors (Lipinski definition) is 3. The fraction of sp³-hybridized carbons (Fsp3) is 0.750. The smallest absolute Gasteiger partial charge is 0.328 e. The molecule has 0 aliphatic rings. The zero-order chi connectivity index (χ0) is 18.0. The predicted octanol–water partition coefficient (Wildman–Crippen LogP) is 4.61. The van der Waals surface area contributed by atoms with E-state index in [1.807, 2.05) is 6.08 Å². The predicted molar refractivity (Wildman–Crippen MR) is 99.0 cm³/mol. The number of aliphatic hydroxyl groups is 2. The molecule has 0 rings (SSSR count). The molecular formula is C20H36O4. The molecule has 0 amide bonds. The lowest BCUT2D eigenvalue weighted by Crippen LogP contribution is -2.25. The van der Waals surface area contributed by atoms with Gasteiger partial charge in [-0.3, -0.25) is 0 Å². The summed E-state index contributed by atoms with van der Waals surface area (Å²) in [6.45, 7) is 2.20. The molecule has 0 heterocycles. The van der Waals surface area contributed by atoms with E-state index in [1.165, 1.54) is 31.8 Å². The number of carboxylic acid groups (broad SMARTS) is 1. The van der Waals surface area contributed by atoms with Gasteiger partial charge in [0.05, 0.1) is 12.2 Å². The van der Waals surface area contributed by atoms with Crippen molar-refractivity contribution in [3.05, 3.63) is 24.3 Å². The zero-order valence-electron chi connectivity index (χ0n) is 15.2. The minimum absolute atomic E-state index is 0.586. The van der Waals surface area contributed by atoms with Gasteiger partial charge in [0, 0.05) is 6.08 Å². The monoisotopic (exact) mass is 340 g/mol. The van der Waals surface area contributed by atoms with Crippen molar-refractivity contribution in [3.63, 3.8) is 0 Å². The molecule has 0 aliphatic heterocycles. The van der Waals surface area contributed by atoms with Gasteiger partial charge in [0.25, 0.3) is 0 Å². The number of carbonyl (C=O) groups is 1. The van der Waals surface area contributed by atoms with Gasteiger partial charge in [-0.05, 0) is 25.7 Å². The highest BCUT2D eigenvalue weighted by atomic mass is 16.4. The fourth-order valence-corrected chi connectivity index (χ4v) is 2.62. The molecule has 0 aromatic carbocycles. The molecule has 4 heteroatoms. The maximum Gasteiger partial charge on any atom is 0.328 e. The van der Waals surface area contributed by atoms with E-state index in [2.05, 4.69) is 6.92 Å². The first-order chi connectivity index (χ1) is 11.6. The van der Waals surface area contributed by atoms with Crippen LogP contribution in [0.3, 0.4) is 0 Å². The maximum atomic E-state index is 10.3. The molecule has 24 heavy (non-hydrogen) atoms. The van der Waals surface area contributed by atoms with Gasteiger partial charge in [-0.1, -0.05) is 76.5 Å². The van der Waals surface area contributed by atoms with E-state index in [9.17, 15) is 15.0 Å². The summed E-state index contributed by atoms with van der Waals surface area (Å²) in [5.41, 5.74) is 0. The first-order valence-corrected chi connectivity index (χ1v) is 9.50. The van der Waals surface area contributed by atoms with Gasteiger partial charge in [-0.2, -0.15) is 0 Å². The topological polar surface area (TPSA) is 77.8 Å². The summed E-state index contributed by atoms with van der Waals surface area (Å²) in [5, 5.41) is 28.3. The molecule has 3 N–H and O–H groups in total. The fourth-order valence-electron chi connectivity index (χ4n) is 2.62. The van der Waals surface area contributed by atoms with Crippen LogP contribution in [0, 0.1) is 0 Å². The lowest BCUT2D eigenvalue weighted by Gasteiger charge is -2.17. The number of carboxylic acids is 1. The van der Waals surface area contributed by atoms with Gasteiger partial charge >= 0.3 is 5.97 Å². The first-order valence-electron chi connectivity index (χ1n) is 9.50. The van der Waals surface area contributed by atoms with Crippen LogP contribution in [0.25, 0.3) is 0 Å². The summed E-state index contributed by atoms with van der Waals surface area (Å²) in [5.74, 6) is -0.937. The largest absolute Gasteiger partial charge is 0.478 e. The molecule has 0 aliphatic carbocycles. The van der Waals surface area contributed by atoms with Crippen molar-refractivity contribution in [2.24, 2.45) is 0 Å². The Bertz CT molecular complexity index is 350. The van der Waals surface area contributed by atoms with Crippen LogP contribution in [-0.2, 0) is 4.79 Å². The van der Waals surface area contributed by atoms with Crippen LogP contribution in [0.2, 0.25) is 0 Å². The third kappa shape index (κ3) is 15.8. The number of allylic oxidation sites excluding steroid dienone is 3. The SMILES string of the molecule is CCCCCCCCC(O)C(O)CCCCCC=CC=CC(=O)O. The van der Waals surface area contributed by atoms with Gasteiger partial charge in [-0.15, -0.1) is 0 Å². The summed E-state index contributed by atoms with van der Waals surface area (Å²) in [6, 6.07) is 0. The molecule has 2 atom stereocenters. The average molecular weight is 341 g/mol. The number of unbranched alkanes of at least 4 members (excludes halogenated alkanes) is 8. The van der Waals surface area contributed by atoms with Crippen molar-refractivity contribution in [2.75, 3.05) is 0 Å². The Kier molecular flexibility index (Phi) is 15.9. The van der Waals surface area contributed by atoms with E-state index in [0.717, 1.165) is 44.6 Å². The minimum Gasteiger partial charge on any atom is -0.478 e. The molecule has 0 bridgehead atoms. The Hall–Kier alpha value is -1.13. The van der Waals surface area contributed by atoms with Crippen LogP contribution >= 0.6 is 0 Å². The Morgan fingerprint density at radius 1 is 0.833 bits per heavy atom. The summed E-state index contributed by atoms with van der Waals surface area (Å²) in [4.78, 5) is 10.3. The third-order valence-electron chi connectivity index (χ3n) is 4.15. The second-order valence-corrected chi connectivity index (χ2v) is 6.45. The summed E-state index contributed by atoms with van der Waals surface area (Å²) >= 11 is 0. The van der Waals surface area contributed by atoms with Crippen molar-refractivity contribution >= 4 is 5.97 Å². The van der Waals surface area contributed by atoms with Crippen LogP contribution < -0.4 is 0 Å². The Balaban J connectivity index is 3.50. The molecule has 0 aromatic heterocycles. The number of hydrogen-bond acceptors (Lipinski definition) is 3. The van der Waals surface area contributed by atoms with Gasteiger partial charge < -0.3 is 15.3 Å². The Labute approximate surface area is 147 Å². The van der Waals surface area contributed by atoms with Crippen LogP contribution in [-0.4, -0.2) is 33.5 Å². The molecule has 0 saturated heterocycles. The van der Waals surface area contributed by atoms with Crippen molar-refractivity contribution < 1.29 is 20.1 Å². The molecule has 0 aromatic rings. The van der Waals surface area contributed by atoms with Crippen molar-refractivity contribution in [3.8, 4) is 0 Å². The first kappa shape index (κ1) is 22.9. The van der Waals surface area contributed by atoms with Crippen molar-refractivity contribution in [2.45, 2.75) is 96.2 Å².